The highest BCUT2D eigenvalue weighted by atomic mass is 16.2. The molecule has 2 aromatic carbocycles. The largest absolute Gasteiger partial charge is 0.376 e. The van der Waals surface area contributed by atoms with Crippen LogP contribution < -0.4 is 16.0 Å². The maximum Gasteiger partial charge on any atom is 0.251 e. The van der Waals surface area contributed by atoms with Gasteiger partial charge in [-0.25, -0.2) is 0 Å². The fourth-order valence-corrected chi connectivity index (χ4v) is 2.33. The molecule has 0 bridgehead atoms. The Labute approximate surface area is 142 Å². The normalized spacial score (nSPS) is 10.1. The Bertz CT molecular complexity index is 724. The van der Waals surface area contributed by atoms with Crippen molar-refractivity contribution in [1.82, 2.24) is 5.32 Å². The average Bonchev–Trinajstić information content (AvgIpc) is 2.56. The van der Waals surface area contributed by atoms with Crippen LogP contribution in [0.25, 0.3) is 0 Å². The molecule has 0 spiro atoms. The molecule has 2 rings (SSSR count). The number of rotatable bonds is 6. The molecule has 0 radical (unpaired) electrons. The van der Waals surface area contributed by atoms with Gasteiger partial charge in [0.1, 0.15) is 0 Å². The molecular weight excluding hydrogens is 302 g/mol. The van der Waals surface area contributed by atoms with Crippen molar-refractivity contribution in [3.8, 4) is 0 Å². The zero-order valence-electron chi connectivity index (χ0n) is 14.3. The van der Waals surface area contributed by atoms with Gasteiger partial charge in [-0.3, -0.25) is 9.59 Å². The zero-order chi connectivity index (χ0) is 17.5. The van der Waals surface area contributed by atoms with Crippen LogP contribution in [0.3, 0.4) is 0 Å². The lowest BCUT2D eigenvalue weighted by atomic mass is 10.1. The summed E-state index contributed by atoms with van der Waals surface area (Å²) in [4.78, 5) is 23.7. The number of carbonyl (C=O) groups is 2. The van der Waals surface area contributed by atoms with E-state index >= 15 is 0 Å². The second-order valence-corrected chi connectivity index (χ2v) is 5.66. The van der Waals surface area contributed by atoms with Gasteiger partial charge in [-0.05, 0) is 56.7 Å². The van der Waals surface area contributed by atoms with Crippen molar-refractivity contribution in [3.05, 3.63) is 59.2 Å². The number of aryl methyl sites for hydroxylation is 2. The lowest BCUT2D eigenvalue weighted by Crippen LogP contribution is -2.23. The molecule has 2 amide bonds. The summed E-state index contributed by atoms with van der Waals surface area (Å²) < 4.78 is 0. The van der Waals surface area contributed by atoms with Gasteiger partial charge < -0.3 is 16.0 Å². The number of carbonyl (C=O) groups excluding carboxylic acids is 2. The first-order valence-electron chi connectivity index (χ1n) is 7.99. The molecular formula is C19H23N3O2. The molecule has 5 heteroatoms. The van der Waals surface area contributed by atoms with E-state index in [-0.39, 0.29) is 18.4 Å². The van der Waals surface area contributed by atoms with Crippen LogP contribution in [-0.4, -0.2) is 24.9 Å². The summed E-state index contributed by atoms with van der Waals surface area (Å²) in [5, 5.41) is 8.68. The second kappa shape index (κ2) is 8.15. The SMILES string of the molecule is CCNC(=O)c1ccc(NCC(=O)Nc2ccc(C)cc2C)cc1. The molecule has 0 saturated carbocycles. The van der Waals surface area contributed by atoms with Crippen LogP contribution in [0.2, 0.25) is 0 Å². The molecule has 0 aliphatic carbocycles. The molecule has 2 aromatic rings. The Morgan fingerprint density at radius 3 is 2.33 bits per heavy atom. The van der Waals surface area contributed by atoms with E-state index in [2.05, 4.69) is 16.0 Å². The van der Waals surface area contributed by atoms with Crippen molar-refractivity contribution in [1.29, 1.82) is 0 Å². The molecule has 0 aliphatic heterocycles. The monoisotopic (exact) mass is 325 g/mol. The fraction of sp³-hybridized carbons (Fsp3) is 0.263. The summed E-state index contributed by atoms with van der Waals surface area (Å²) in [7, 11) is 0. The molecule has 24 heavy (non-hydrogen) atoms. The van der Waals surface area contributed by atoms with E-state index < -0.39 is 0 Å². The van der Waals surface area contributed by atoms with Crippen molar-refractivity contribution in [2.75, 3.05) is 23.7 Å². The number of anilines is 2. The number of benzene rings is 2. The van der Waals surface area contributed by atoms with Gasteiger partial charge in [0.15, 0.2) is 0 Å². The highest BCUT2D eigenvalue weighted by molar-refractivity contribution is 5.95. The molecule has 126 valence electrons. The first kappa shape index (κ1) is 17.5. The molecule has 0 aliphatic rings. The maximum atomic E-state index is 12.0. The molecule has 0 aromatic heterocycles. The summed E-state index contributed by atoms with van der Waals surface area (Å²) in [5.74, 6) is -0.216. The summed E-state index contributed by atoms with van der Waals surface area (Å²) in [6.45, 7) is 6.62. The molecule has 0 saturated heterocycles. The minimum Gasteiger partial charge on any atom is -0.376 e. The lowest BCUT2D eigenvalue weighted by Gasteiger charge is -2.11. The first-order valence-corrected chi connectivity index (χ1v) is 7.99. The van der Waals surface area contributed by atoms with E-state index in [1.54, 1.807) is 24.3 Å². The van der Waals surface area contributed by atoms with Crippen LogP contribution in [0, 0.1) is 13.8 Å². The molecule has 0 unspecified atom stereocenters. The van der Waals surface area contributed by atoms with Crippen molar-refractivity contribution in [2.24, 2.45) is 0 Å². The maximum absolute atomic E-state index is 12.0. The Hall–Kier alpha value is -2.82. The molecule has 5 nitrogen and oxygen atoms in total. The second-order valence-electron chi connectivity index (χ2n) is 5.66. The smallest absolute Gasteiger partial charge is 0.251 e. The highest BCUT2D eigenvalue weighted by Crippen LogP contribution is 2.16. The zero-order valence-corrected chi connectivity index (χ0v) is 14.3. The van der Waals surface area contributed by atoms with Gasteiger partial charge in [0.25, 0.3) is 5.91 Å². The van der Waals surface area contributed by atoms with Gasteiger partial charge in [-0.15, -0.1) is 0 Å². The van der Waals surface area contributed by atoms with Crippen LogP contribution in [0.15, 0.2) is 42.5 Å². The topological polar surface area (TPSA) is 70.2 Å². The van der Waals surface area contributed by atoms with Crippen molar-refractivity contribution < 1.29 is 9.59 Å². The van der Waals surface area contributed by atoms with E-state index in [1.165, 1.54) is 0 Å². The molecule has 0 fully saturated rings. The number of hydrogen-bond acceptors (Lipinski definition) is 3. The van der Waals surface area contributed by atoms with Crippen molar-refractivity contribution in [3.63, 3.8) is 0 Å². The Balaban J connectivity index is 1.88. The Morgan fingerprint density at radius 2 is 1.71 bits per heavy atom. The molecule has 3 N–H and O–H groups in total. The van der Waals surface area contributed by atoms with Gasteiger partial charge in [0.05, 0.1) is 6.54 Å². The number of nitrogens with one attached hydrogen (secondary N) is 3. The lowest BCUT2D eigenvalue weighted by molar-refractivity contribution is -0.114. The van der Waals surface area contributed by atoms with E-state index in [4.69, 9.17) is 0 Å². The van der Waals surface area contributed by atoms with Crippen molar-refractivity contribution in [2.45, 2.75) is 20.8 Å². The predicted molar refractivity (Wildman–Crippen MR) is 97.5 cm³/mol. The van der Waals surface area contributed by atoms with Gasteiger partial charge in [0, 0.05) is 23.5 Å². The first-order chi connectivity index (χ1) is 11.5. The van der Waals surface area contributed by atoms with E-state index in [1.807, 2.05) is 39.0 Å². The number of hydrogen-bond donors (Lipinski definition) is 3. The molecule has 0 heterocycles. The minimum atomic E-state index is -0.116. The Kier molecular flexibility index (Phi) is 5.95. The standard InChI is InChI=1S/C19H23N3O2/c1-4-20-19(24)15-6-8-16(9-7-15)21-12-18(23)22-17-10-5-13(2)11-14(17)3/h5-11,21H,4,12H2,1-3H3,(H,20,24)(H,22,23). The molecule has 0 atom stereocenters. The van der Waals surface area contributed by atoms with Gasteiger partial charge in [-0.1, -0.05) is 17.7 Å². The van der Waals surface area contributed by atoms with Gasteiger partial charge >= 0.3 is 0 Å². The van der Waals surface area contributed by atoms with Crippen molar-refractivity contribution >= 4 is 23.2 Å². The van der Waals surface area contributed by atoms with Crippen LogP contribution >= 0.6 is 0 Å². The van der Waals surface area contributed by atoms with E-state index in [9.17, 15) is 9.59 Å². The minimum absolute atomic E-state index is 0.100. The summed E-state index contributed by atoms with van der Waals surface area (Å²) in [6.07, 6.45) is 0. The van der Waals surface area contributed by atoms with Gasteiger partial charge in [0.2, 0.25) is 5.91 Å². The third kappa shape index (κ3) is 4.84. The predicted octanol–water partition coefficient (Wildman–Crippen LogP) is 3.10. The summed E-state index contributed by atoms with van der Waals surface area (Å²) >= 11 is 0. The Morgan fingerprint density at radius 1 is 1.00 bits per heavy atom. The van der Waals surface area contributed by atoms with E-state index in [0.29, 0.717) is 12.1 Å². The third-order valence-electron chi connectivity index (χ3n) is 3.59. The average molecular weight is 325 g/mol. The van der Waals surface area contributed by atoms with Crippen LogP contribution in [0.5, 0.6) is 0 Å². The van der Waals surface area contributed by atoms with Gasteiger partial charge in [-0.2, -0.15) is 0 Å². The van der Waals surface area contributed by atoms with Crippen LogP contribution in [0.4, 0.5) is 11.4 Å². The van der Waals surface area contributed by atoms with Crippen LogP contribution in [-0.2, 0) is 4.79 Å². The van der Waals surface area contributed by atoms with Crippen LogP contribution in [0.1, 0.15) is 28.4 Å². The quantitative estimate of drug-likeness (QED) is 0.764. The third-order valence-corrected chi connectivity index (χ3v) is 3.59. The highest BCUT2D eigenvalue weighted by Gasteiger charge is 2.06. The summed E-state index contributed by atoms with van der Waals surface area (Å²) in [6, 6.07) is 12.9. The van der Waals surface area contributed by atoms with E-state index in [0.717, 1.165) is 22.5 Å². The number of amides is 2. The fourth-order valence-electron chi connectivity index (χ4n) is 2.33. The summed E-state index contributed by atoms with van der Waals surface area (Å²) in [5.41, 5.74) is 4.41.